The second-order valence-electron chi connectivity index (χ2n) is 15.3. The van der Waals surface area contributed by atoms with E-state index in [1.807, 2.05) is 0 Å². The number of ether oxygens (including phenoxy) is 3. The Labute approximate surface area is 275 Å². The molecule has 1 aromatic rings. The number of hydrogen-bond donors (Lipinski definition) is 3. The van der Waals surface area contributed by atoms with Crippen LogP contribution in [0.25, 0.3) is 0 Å². The number of fused-ring (bicyclic) bond motifs is 3. The molecule has 3 N–H and O–H groups in total. The van der Waals surface area contributed by atoms with Gasteiger partial charge < -0.3 is 33.9 Å². The van der Waals surface area contributed by atoms with Crippen LogP contribution in [0.15, 0.2) is 15.6 Å². The molecule has 2 saturated heterocycles. The first kappa shape index (κ1) is 35.8. The molecule has 2 atom stereocenters. The Morgan fingerprint density at radius 3 is 2.28 bits per heavy atom. The lowest BCUT2D eigenvalue weighted by molar-refractivity contribution is -0.0782. The van der Waals surface area contributed by atoms with Crippen LogP contribution in [0.2, 0.25) is 0 Å². The Morgan fingerprint density at radius 2 is 1.68 bits per heavy atom. The molecule has 16 heteroatoms. The largest absolute Gasteiger partial charge is 0.444 e. The normalized spacial score (nSPS) is 20.6. The van der Waals surface area contributed by atoms with Crippen LogP contribution in [0, 0.1) is 5.41 Å². The lowest BCUT2D eigenvalue weighted by Gasteiger charge is -2.35. The van der Waals surface area contributed by atoms with Gasteiger partial charge in [-0.1, -0.05) is 5.16 Å². The van der Waals surface area contributed by atoms with Gasteiger partial charge in [-0.2, -0.15) is 0 Å². The minimum absolute atomic E-state index is 0.0678. The molecule has 16 nitrogen and oxygen atoms in total. The number of carbonyl (C=O) groups is 4. The number of piperidine rings is 1. The number of aromatic nitrogens is 1. The quantitative estimate of drug-likeness (QED) is 0.160. The molecule has 3 aliphatic rings. The predicted octanol–water partition coefficient (Wildman–Crippen LogP) is 4.58. The second-order valence-corrected chi connectivity index (χ2v) is 15.3. The van der Waals surface area contributed by atoms with Crippen molar-refractivity contribution in [1.82, 2.24) is 30.7 Å². The highest BCUT2D eigenvalue weighted by molar-refractivity contribution is 5.98. The Kier molecular flexibility index (Phi) is 10.0. The van der Waals surface area contributed by atoms with Crippen molar-refractivity contribution in [2.75, 3.05) is 26.2 Å². The third-order valence-electron chi connectivity index (χ3n) is 7.77. The number of amides is 5. The monoisotopic (exact) mass is 663 g/mol. The number of rotatable bonds is 7. The van der Waals surface area contributed by atoms with Crippen LogP contribution in [-0.4, -0.2) is 105 Å². The molecular formula is C31H49N7O9. The highest BCUT2D eigenvalue weighted by Crippen LogP contribution is 2.61. The summed E-state index contributed by atoms with van der Waals surface area (Å²) >= 11 is 0. The molecular weight excluding hydrogens is 614 g/mol. The summed E-state index contributed by atoms with van der Waals surface area (Å²) in [5, 5.41) is 20.8. The van der Waals surface area contributed by atoms with Crippen molar-refractivity contribution in [3.63, 3.8) is 0 Å². The number of nitrogens with one attached hydrogen (secondary N) is 2. The average molecular weight is 664 g/mol. The van der Waals surface area contributed by atoms with Gasteiger partial charge in [-0.3, -0.25) is 10.5 Å². The summed E-state index contributed by atoms with van der Waals surface area (Å²) in [6.07, 6.45) is 0.560. The summed E-state index contributed by atoms with van der Waals surface area (Å²) in [4.78, 5) is 57.7. The zero-order chi connectivity index (χ0) is 34.9. The summed E-state index contributed by atoms with van der Waals surface area (Å²) in [5.41, 5.74) is -1.85. The first-order valence-corrected chi connectivity index (χ1v) is 15.9. The van der Waals surface area contributed by atoms with E-state index in [0.717, 1.165) is 17.9 Å². The van der Waals surface area contributed by atoms with Crippen molar-refractivity contribution in [3.8, 4) is 0 Å². The maximum atomic E-state index is 13.2. The molecule has 0 aromatic carbocycles. The first-order valence-electron chi connectivity index (χ1n) is 15.9. The molecule has 2 aliphatic heterocycles. The van der Waals surface area contributed by atoms with Crippen LogP contribution in [0.1, 0.15) is 99.1 Å². The maximum absolute atomic E-state index is 13.2. The number of hydrogen-bond acceptors (Lipinski definition) is 10. The number of urea groups is 1. The zero-order valence-electron chi connectivity index (χ0n) is 28.8. The fourth-order valence-electron chi connectivity index (χ4n) is 5.58. The molecule has 0 radical (unpaired) electrons. The van der Waals surface area contributed by atoms with E-state index >= 15 is 0 Å². The smallest absolute Gasteiger partial charge is 0.437 e. The zero-order valence-corrected chi connectivity index (χ0v) is 28.8. The van der Waals surface area contributed by atoms with Crippen LogP contribution in [-0.2, 0) is 20.6 Å². The van der Waals surface area contributed by atoms with E-state index in [1.165, 1.54) is 4.90 Å². The van der Waals surface area contributed by atoms with Crippen molar-refractivity contribution >= 4 is 30.3 Å². The van der Waals surface area contributed by atoms with E-state index in [-0.39, 0.29) is 43.1 Å². The van der Waals surface area contributed by atoms with Crippen LogP contribution in [0.5, 0.6) is 0 Å². The van der Waals surface area contributed by atoms with E-state index < -0.39 is 41.1 Å². The molecule has 47 heavy (non-hydrogen) atoms. The topological polar surface area (TPSA) is 188 Å². The number of nitrogens with zero attached hydrogens (tertiary/aromatic N) is 5. The van der Waals surface area contributed by atoms with Gasteiger partial charge >= 0.3 is 24.3 Å². The Hall–Kier alpha value is -4.08. The molecule has 1 saturated carbocycles. The highest BCUT2D eigenvalue weighted by atomic mass is 16.6. The number of aliphatic imine (C=N–C) groups is 1. The minimum atomic E-state index is -0.926. The van der Waals surface area contributed by atoms with Crippen LogP contribution in [0.4, 0.5) is 19.2 Å². The average Bonchev–Trinajstić information content (AvgIpc) is 3.40. The van der Waals surface area contributed by atoms with Crippen LogP contribution in [0.3, 0.4) is 0 Å². The van der Waals surface area contributed by atoms with E-state index in [0.29, 0.717) is 30.8 Å². The van der Waals surface area contributed by atoms with Gasteiger partial charge in [0.05, 0.1) is 12.1 Å². The fraction of sp³-hybridized carbons (Fsp3) is 0.742. The third-order valence-corrected chi connectivity index (χ3v) is 7.77. The standard InChI is InChI=1S/C31H49N7O9/c1-28(2,3)44-24(39)33-23(34-25(40)45-29(4,5)6)32-13-15-36(27(42)46-30(7,8)9)14-10-19-16-20(35-47-19)21-17-31(11-12-31)22-18-37(21)26(41)38(22)43/h16,21-22,43H,10-15,17-18H2,1-9H3,(H2,32,33,34,39,40)/t21-,22+/m0/s1. The van der Waals surface area contributed by atoms with E-state index in [4.69, 9.17) is 18.7 Å². The molecule has 1 aliphatic carbocycles. The van der Waals surface area contributed by atoms with Gasteiger partial charge in [0.1, 0.15) is 28.3 Å². The highest BCUT2D eigenvalue weighted by Gasteiger charge is 2.63. The molecule has 3 heterocycles. The van der Waals surface area contributed by atoms with Gasteiger partial charge in [-0.05, 0) is 87.0 Å². The fourth-order valence-corrected chi connectivity index (χ4v) is 5.58. The number of guanidine groups is 1. The summed E-state index contributed by atoms with van der Waals surface area (Å²) in [5.74, 6) is 0.304. The first-order chi connectivity index (χ1) is 21.6. The molecule has 0 unspecified atom stereocenters. The number of hydroxylamine groups is 2. The summed E-state index contributed by atoms with van der Waals surface area (Å²) in [6, 6.07) is 0.869. The lowest BCUT2D eigenvalue weighted by atomic mass is 9.84. The minimum Gasteiger partial charge on any atom is -0.444 e. The molecule has 2 bridgehead atoms. The molecule has 3 fully saturated rings. The van der Waals surface area contributed by atoms with Crippen molar-refractivity contribution in [3.05, 3.63) is 17.5 Å². The number of carbonyl (C=O) groups excluding carboxylic acids is 4. The van der Waals surface area contributed by atoms with Crippen molar-refractivity contribution in [2.24, 2.45) is 10.4 Å². The van der Waals surface area contributed by atoms with Gasteiger partial charge in [0.15, 0.2) is 0 Å². The van der Waals surface area contributed by atoms with E-state index in [2.05, 4.69) is 20.8 Å². The van der Waals surface area contributed by atoms with Gasteiger partial charge in [0, 0.05) is 38.7 Å². The summed E-state index contributed by atoms with van der Waals surface area (Å²) < 4.78 is 21.8. The third kappa shape index (κ3) is 9.72. The maximum Gasteiger partial charge on any atom is 0.437 e. The summed E-state index contributed by atoms with van der Waals surface area (Å²) in [7, 11) is 0. The van der Waals surface area contributed by atoms with Gasteiger partial charge in [0.25, 0.3) is 0 Å². The van der Waals surface area contributed by atoms with Gasteiger partial charge in [-0.25, -0.2) is 24.2 Å². The predicted molar refractivity (Wildman–Crippen MR) is 168 cm³/mol. The molecule has 262 valence electrons. The molecule has 5 amide bonds. The Balaban J connectivity index is 1.42. The van der Waals surface area contributed by atoms with Gasteiger partial charge in [-0.15, -0.1) is 4.99 Å². The van der Waals surface area contributed by atoms with E-state index in [1.54, 1.807) is 73.3 Å². The number of alkyl carbamates (subject to hydrolysis) is 1. The van der Waals surface area contributed by atoms with Crippen LogP contribution < -0.4 is 10.6 Å². The Morgan fingerprint density at radius 1 is 1.04 bits per heavy atom. The molecule has 1 spiro atoms. The SMILES string of the molecule is CC(C)(C)OC(=O)/N=C(\NCCN(CCc1cc([C@@H]2CC3(CC3)[C@H]3CN2C(=O)N3O)no1)C(=O)OC(C)(C)C)NC(=O)OC(C)(C)C. The van der Waals surface area contributed by atoms with E-state index in [9.17, 15) is 24.4 Å². The Bertz CT molecular complexity index is 1370. The molecule has 4 rings (SSSR count). The second kappa shape index (κ2) is 13.2. The van der Waals surface area contributed by atoms with Crippen LogP contribution >= 0.6 is 0 Å². The van der Waals surface area contributed by atoms with Crippen molar-refractivity contribution in [2.45, 2.75) is 117 Å². The lowest BCUT2D eigenvalue weighted by Crippen LogP contribution is -2.47. The van der Waals surface area contributed by atoms with Gasteiger partial charge in [0.2, 0.25) is 5.96 Å². The summed E-state index contributed by atoms with van der Waals surface area (Å²) in [6.45, 7) is 16.2. The molecule has 1 aromatic heterocycles. The van der Waals surface area contributed by atoms with Crippen molar-refractivity contribution in [1.29, 1.82) is 0 Å². The van der Waals surface area contributed by atoms with Crippen molar-refractivity contribution < 1.29 is 43.1 Å².